The summed E-state index contributed by atoms with van der Waals surface area (Å²) in [5.74, 6) is 0.0611. The molecule has 0 spiro atoms. The lowest BCUT2D eigenvalue weighted by molar-refractivity contribution is 0.0915. The van der Waals surface area contributed by atoms with Crippen molar-refractivity contribution in [3.63, 3.8) is 0 Å². The average Bonchev–Trinajstić information content (AvgIpc) is 2.88. The van der Waals surface area contributed by atoms with Gasteiger partial charge in [0.15, 0.2) is 0 Å². The number of unbranched alkanes of at least 4 members (excludes halogenated alkanes) is 1. The van der Waals surface area contributed by atoms with E-state index in [2.05, 4.69) is 16.3 Å². The second-order valence-corrected chi connectivity index (χ2v) is 6.55. The van der Waals surface area contributed by atoms with Gasteiger partial charge in [-0.2, -0.15) is 5.26 Å². The number of rotatable bonds is 5. The standard InChI is InChI=1S/C15H21N3OS/c1-12-4-5-14(20-12)15(19)17-13-6-10-18(11-7-13)9-3-2-8-16/h4-5,13H,2-3,6-7,9-11H2,1H3,(H,17,19). The smallest absolute Gasteiger partial charge is 0.261 e. The first kappa shape index (κ1) is 15.0. The summed E-state index contributed by atoms with van der Waals surface area (Å²) in [7, 11) is 0. The van der Waals surface area contributed by atoms with Crippen molar-refractivity contribution in [3.8, 4) is 6.07 Å². The second-order valence-electron chi connectivity index (χ2n) is 5.26. The van der Waals surface area contributed by atoms with E-state index in [9.17, 15) is 4.79 Å². The molecule has 0 saturated carbocycles. The number of nitrogens with zero attached hydrogens (tertiary/aromatic N) is 2. The number of likely N-dealkylation sites (tertiary alicyclic amines) is 1. The molecular weight excluding hydrogens is 270 g/mol. The van der Waals surface area contributed by atoms with Crippen LogP contribution >= 0.6 is 11.3 Å². The number of carbonyl (C=O) groups is 1. The van der Waals surface area contributed by atoms with Crippen LogP contribution in [0.5, 0.6) is 0 Å². The molecule has 1 amide bonds. The lowest BCUT2D eigenvalue weighted by Crippen LogP contribution is -2.44. The summed E-state index contributed by atoms with van der Waals surface area (Å²) in [5.41, 5.74) is 0. The van der Waals surface area contributed by atoms with Gasteiger partial charge in [-0.1, -0.05) is 0 Å². The molecule has 1 aromatic rings. The van der Waals surface area contributed by atoms with Gasteiger partial charge in [-0.05, 0) is 44.9 Å². The van der Waals surface area contributed by atoms with Crippen LogP contribution in [-0.2, 0) is 0 Å². The second kappa shape index (κ2) is 7.41. The fourth-order valence-corrected chi connectivity index (χ4v) is 3.27. The predicted molar refractivity (Wildman–Crippen MR) is 80.8 cm³/mol. The van der Waals surface area contributed by atoms with E-state index < -0.39 is 0 Å². The normalized spacial score (nSPS) is 16.8. The summed E-state index contributed by atoms with van der Waals surface area (Å²) in [6.45, 7) is 5.04. The van der Waals surface area contributed by atoms with Gasteiger partial charge in [0.05, 0.1) is 10.9 Å². The average molecular weight is 291 g/mol. The Labute approximate surface area is 124 Å². The Morgan fingerprint density at radius 3 is 2.85 bits per heavy atom. The highest BCUT2D eigenvalue weighted by molar-refractivity contribution is 7.13. The van der Waals surface area contributed by atoms with Crippen LogP contribution < -0.4 is 5.32 Å². The Morgan fingerprint density at radius 2 is 2.25 bits per heavy atom. The van der Waals surface area contributed by atoms with Crippen LogP contribution in [0.3, 0.4) is 0 Å². The zero-order valence-corrected chi connectivity index (χ0v) is 12.7. The highest BCUT2D eigenvalue weighted by Crippen LogP contribution is 2.16. The number of hydrogen-bond acceptors (Lipinski definition) is 4. The lowest BCUT2D eigenvalue weighted by Gasteiger charge is -2.32. The van der Waals surface area contributed by atoms with Crippen molar-refractivity contribution < 1.29 is 4.79 Å². The number of piperidine rings is 1. The molecule has 1 aliphatic heterocycles. The number of thiophene rings is 1. The van der Waals surface area contributed by atoms with Crippen LogP contribution in [0.15, 0.2) is 12.1 Å². The quantitative estimate of drug-likeness (QED) is 0.848. The molecule has 20 heavy (non-hydrogen) atoms. The Bertz CT molecular complexity index is 484. The molecule has 0 unspecified atom stereocenters. The molecule has 2 rings (SSSR count). The van der Waals surface area contributed by atoms with Gasteiger partial charge in [0.2, 0.25) is 0 Å². The minimum absolute atomic E-state index is 0.0611. The molecule has 1 fully saturated rings. The predicted octanol–water partition coefficient (Wildman–Crippen LogP) is 2.55. The third kappa shape index (κ3) is 4.32. The molecule has 0 bridgehead atoms. The van der Waals surface area contributed by atoms with Crippen molar-refractivity contribution in [2.24, 2.45) is 0 Å². The van der Waals surface area contributed by atoms with Gasteiger partial charge >= 0.3 is 0 Å². The van der Waals surface area contributed by atoms with Gasteiger partial charge in [0.1, 0.15) is 0 Å². The third-order valence-electron chi connectivity index (χ3n) is 3.65. The van der Waals surface area contributed by atoms with E-state index in [-0.39, 0.29) is 11.9 Å². The Morgan fingerprint density at radius 1 is 1.50 bits per heavy atom. The van der Waals surface area contributed by atoms with Crippen LogP contribution in [0.1, 0.15) is 40.2 Å². The van der Waals surface area contributed by atoms with Crippen molar-refractivity contribution in [1.82, 2.24) is 10.2 Å². The van der Waals surface area contributed by atoms with E-state index in [0.717, 1.165) is 43.8 Å². The highest BCUT2D eigenvalue weighted by Gasteiger charge is 2.21. The molecule has 2 heterocycles. The molecule has 0 radical (unpaired) electrons. The first-order valence-electron chi connectivity index (χ1n) is 7.15. The SMILES string of the molecule is Cc1ccc(C(=O)NC2CCN(CCCC#N)CC2)s1. The Balaban J connectivity index is 1.72. The topological polar surface area (TPSA) is 56.1 Å². The van der Waals surface area contributed by atoms with Crippen molar-refractivity contribution in [1.29, 1.82) is 5.26 Å². The number of carbonyl (C=O) groups excluding carboxylic acids is 1. The summed E-state index contributed by atoms with van der Waals surface area (Å²) in [4.78, 5) is 16.4. The number of amides is 1. The van der Waals surface area contributed by atoms with Gasteiger partial charge < -0.3 is 10.2 Å². The maximum Gasteiger partial charge on any atom is 0.261 e. The Kier molecular flexibility index (Phi) is 5.57. The van der Waals surface area contributed by atoms with E-state index in [0.29, 0.717) is 6.42 Å². The summed E-state index contributed by atoms with van der Waals surface area (Å²) in [6, 6.07) is 6.35. The molecule has 1 aromatic heterocycles. The van der Waals surface area contributed by atoms with Crippen LogP contribution in [0.25, 0.3) is 0 Å². The maximum atomic E-state index is 12.1. The van der Waals surface area contributed by atoms with Crippen molar-refractivity contribution >= 4 is 17.2 Å². The van der Waals surface area contributed by atoms with E-state index in [1.165, 1.54) is 4.88 Å². The molecular formula is C15H21N3OS. The lowest BCUT2D eigenvalue weighted by atomic mass is 10.0. The minimum Gasteiger partial charge on any atom is -0.349 e. The van der Waals surface area contributed by atoms with E-state index in [1.807, 2.05) is 19.1 Å². The summed E-state index contributed by atoms with van der Waals surface area (Å²) in [6.07, 6.45) is 3.59. The van der Waals surface area contributed by atoms with E-state index >= 15 is 0 Å². The first-order chi connectivity index (χ1) is 9.69. The molecule has 4 nitrogen and oxygen atoms in total. The molecule has 108 valence electrons. The summed E-state index contributed by atoms with van der Waals surface area (Å²) in [5, 5.41) is 11.7. The minimum atomic E-state index is 0.0611. The van der Waals surface area contributed by atoms with E-state index in [1.54, 1.807) is 11.3 Å². The first-order valence-corrected chi connectivity index (χ1v) is 7.97. The molecule has 1 saturated heterocycles. The van der Waals surface area contributed by atoms with Crippen molar-refractivity contribution in [2.75, 3.05) is 19.6 Å². The van der Waals surface area contributed by atoms with Crippen molar-refractivity contribution in [3.05, 3.63) is 21.9 Å². The van der Waals surface area contributed by atoms with Gasteiger partial charge in [-0.25, -0.2) is 0 Å². The maximum absolute atomic E-state index is 12.1. The number of hydrogen-bond donors (Lipinski definition) is 1. The van der Waals surface area contributed by atoms with Crippen LogP contribution in [0.4, 0.5) is 0 Å². The van der Waals surface area contributed by atoms with Gasteiger partial charge in [0, 0.05) is 30.4 Å². The van der Waals surface area contributed by atoms with Crippen LogP contribution in [0.2, 0.25) is 0 Å². The third-order valence-corrected chi connectivity index (χ3v) is 4.65. The zero-order chi connectivity index (χ0) is 14.4. The van der Waals surface area contributed by atoms with E-state index in [4.69, 9.17) is 5.26 Å². The highest BCUT2D eigenvalue weighted by atomic mass is 32.1. The van der Waals surface area contributed by atoms with Crippen LogP contribution in [-0.4, -0.2) is 36.5 Å². The zero-order valence-electron chi connectivity index (χ0n) is 11.9. The fraction of sp³-hybridized carbons (Fsp3) is 0.600. The van der Waals surface area contributed by atoms with Gasteiger partial charge in [0.25, 0.3) is 5.91 Å². The molecule has 0 aliphatic carbocycles. The fourth-order valence-electron chi connectivity index (χ4n) is 2.50. The molecule has 1 N–H and O–H groups in total. The molecule has 0 atom stereocenters. The van der Waals surface area contributed by atoms with Gasteiger partial charge in [-0.3, -0.25) is 4.79 Å². The van der Waals surface area contributed by atoms with Gasteiger partial charge in [-0.15, -0.1) is 11.3 Å². The van der Waals surface area contributed by atoms with Crippen LogP contribution in [0, 0.1) is 18.3 Å². The van der Waals surface area contributed by atoms with Crippen molar-refractivity contribution in [2.45, 2.75) is 38.6 Å². The monoisotopic (exact) mass is 291 g/mol. The number of aryl methyl sites for hydroxylation is 1. The molecule has 0 aromatic carbocycles. The Hall–Kier alpha value is -1.38. The summed E-state index contributed by atoms with van der Waals surface area (Å²) >= 11 is 1.55. The molecule has 5 heteroatoms. The molecule has 1 aliphatic rings. The number of nitrogens with one attached hydrogen (secondary N) is 1. The number of nitriles is 1. The largest absolute Gasteiger partial charge is 0.349 e. The summed E-state index contributed by atoms with van der Waals surface area (Å²) < 4.78 is 0.